The number of carbonyl (C=O) groups excluding carboxylic acids is 3. The minimum Gasteiger partial charge on any atom is -0.450 e. The summed E-state index contributed by atoms with van der Waals surface area (Å²) in [4.78, 5) is 47.3. The Bertz CT molecular complexity index is 2430. The maximum Gasteiger partial charge on any atom is 0.435 e. The predicted octanol–water partition coefficient (Wildman–Crippen LogP) is 10.2. The molecule has 0 bridgehead atoms. The first-order valence-corrected chi connectivity index (χ1v) is 20.8. The van der Waals surface area contributed by atoms with Crippen LogP contribution in [0.15, 0.2) is 83.7 Å². The molecule has 3 heterocycles. The first-order chi connectivity index (χ1) is 29.8. The van der Waals surface area contributed by atoms with Crippen molar-refractivity contribution in [2.24, 2.45) is 5.16 Å². The number of fused-ring (bicyclic) bond motifs is 2. The lowest BCUT2D eigenvalue weighted by molar-refractivity contribution is -0.275. The van der Waals surface area contributed by atoms with E-state index in [4.69, 9.17) is 49.4 Å². The van der Waals surface area contributed by atoms with Crippen molar-refractivity contribution >= 4 is 64.0 Å². The molecular formula is C44H40Cl3F6N5O5. The molecule has 7 rings (SSSR count). The van der Waals surface area contributed by atoms with Gasteiger partial charge in [0, 0.05) is 57.5 Å². The first kappa shape index (κ1) is 47.2. The van der Waals surface area contributed by atoms with Crippen LogP contribution < -0.4 is 10.6 Å². The Morgan fingerprint density at radius 1 is 0.857 bits per heavy atom. The molecule has 19 heteroatoms. The highest BCUT2D eigenvalue weighted by atomic mass is 35.5. The van der Waals surface area contributed by atoms with E-state index in [0.717, 1.165) is 48.5 Å². The van der Waals surface area contributed by atoms with Gasteiger partial charge in [0.05, 0.1) is 24.6 Å². The van der Waals surface area contributed by atoms with Gasteiger partial charge in [-0.25, -0.2) is 4.79 Å². The van der Waals surface area contributed by atoms with Crippen molar-refractivity contribution in [2.45, 2.75) is 63.9 Å². The highest BCUT2D eigenvalue weighted by molar-refractivity contribution is 6.34. The number of nitrogens with zero attached hydrogens (tertiary/aromatic N) is 3. The fraction of sp³-hybridized carbons (Fsp3) is 0.341. The van der Waals surface area contributed by atoms with E-state index in [1.54, 1.807) is 10.2 Å². The predicted molar refractivity (Wildman–Crippen MR) is 226 cm³/mol. The molecule has 2 N–H and O–H groups in total. The van der Waals surface area contributed by atoms with Gasteiger partial charge in [0.1, 0.15) is 6.54 Å². The van der Waals surface area contributed by atoms with Crippen molar-refractivity contribution in [3.8, 4) is 0 Å². The highest BCUT2D eigenvalue weighted by Crippen LogP contribution is 2.50. The molecule has 4 aromatic rings. The van der Waals surface area contributed by atoms with Crippen LogP contribution in [0.1, 0.15) is 75.6 Å². The number of carbonyl (C=O) groups is 3. The molecule has 1 fully saturated rings. The molecule has 0 radical (unpaired) electrons. The number of benzene rings is 3. The molecule has 10 nitrogen and oxygen atoms in total. The third-order valence-electron chi connectivity index (χ3n) is 10.6. The Morgan fingerprint density at radius 3 is 2.21 bits per heavy atom. The van der Waals surface area contributed by atoms with E-state index in [2.05, 4.69) is 28.7 Å². The van der Waals surface area contributed by atoms with E-state index >= 15 is 0 Å². The number of nitrogens with one attached hydrogen (secondary N) is 2. The number of halogens is 9. The van der Waals surface area contributed by atoms with E-state index in [1.807, 2.05) is 25.3 Å². The number of oxime groups is 1. The lowest BCUT2D eigenvalue weighted by atomic mass is 9.86. The average molecular weight is 939 g/mol. The number of hydrogen-bond acceptors (Lipinski definition) is 7. The van der Waals surface area contributed by atoms with Crippen molar-refractivity contribution in [1.29, 1.82) is 0 Å². The molecule has 1 aliphatic carbocycles. The molecule has 1 atom stereocenters. The van der Waals surface area contributed by atoms with Crippen LogP contribution in [0.2, 0.25) is 15.1 Å². The summed E-state index contributed by atoms with van der Waals surface area (Å²) >= 11 is 18.0. The van der Waals surface area contributed by atoms with Gasteiger partial charge in [0.25, 0.3) is 11.5 Å². The second-order valence-corrected chi connectivity index (χ2v) is 16.2. The molecule has 3 aromatic carbocycles. The van der Waals surface area contributed by atoms with Gasteiger partial charge in [-0.15, -0.1) is 0 Å². The van der Waals surface area contributed by atoms with Gasteiger partial charge >= 0.3 is 18.4 Å². The maximum atomic E-state index is 14.1. The Labute approximate surface area is 373 Å². The largest absolute Gasteiger partial charge is 0.450 e. The zero-order chi connectivity index (χ0) is 45.7. The molecular weight excluding hydrogens is 899 g/mol. The monoisotopic (exact) mass is 937 g/mol. The van der Waals surface area contributed by atoms with Gasteiger partial charge in [0.15, 0.2) is 0 Å². The van der Waals surface area contributed by atoms with Crippen molar-refractivity contribution in [3.63, 3.8) is 0 Å². The standard InChI is InChI=1S/C22H17Cl2F6N3O3.C22H23ClN2O2/c1-11-4-12(2-3-16(11)19(35)31-9-18(34)32-10-21(25,26)27)17-8-20(36-33-17,22(28,29)30)13-5-14(23)7-15(24)6-13;1-2-27-22(26)25-12-9-15(10-13-25)20-19-8-7-18(23)14-17(19)6-5-16-4-3-11-24-21(16)20/h2-7H,8-10H2,1H3,(H,31,35)(H,32,34);3-4,7-8,11,14H,2,5-6,9-10,12-13H2,1H3. The summed E-state index contributed by atoms with van der Waals surface area (Å²) in [6.45, 7) is 2.87. The summed E-state index contributed by atoms with van der Waals surface area (Å²) in [7, 11) is 0. The van der Waals surface area contributed by atoms with E-state index in [9.17, 15) is 40.7 Å². The number of alkyl halides is 6. The van der Waals surface area contributed by atoms with Crippen LogP contribution in [-0.2, 0) is 32.8 Å². The number of ether oxygens (including phenoxy) is 1. The van der Waals surface area contributed by atoms with E-state index in [-0.39, 0.29) is 38.5 Å². The fourth-order valence-electron chi connectivity index (χ4n) is 7.52. The Morgan fingerprint density at radius 2 is 1.56 bits per heavy atom. The van der Waals surface area contributed by atoms with Crippen molar-refractivity contribution in [1.82, 2.24) is 20.5 Å². The molecule has 1 unspecified atom stereocenters. The molecule has 3 amide bonds. The number of piperidine rings is 1. The van der Waals surface area contributed by atoms with Crippen LogP contribution in [-0.4, -0.2) is 78.6 Å². The molecule has 63 heavy (non-hydrogen) atoms. The van der Waals surface area contributed by atoms with Crippen LogP contribution >= 0.6 is 34.8 Å². The van der Waals surface area contributed by atoms with Gasteiger partial charge < -0.3 is 25.1 Å². The zero-order valence-corrected chi connectivity index (χ0v) is 36.1. The second-order valence-electron chi connectivity index (χ2n) is 14.9. The lowest BCUT2D eigenvalue weighted by Gasteiger charge is -2.29. The SMILES string of the molecule is CCOC(=O)N1CCC(=C2c3ccc(Cl)cc3CCc3cccnc32)CC1.Cc1cc(C2=NOC(c3cc(Cl)cc(Cl)c3)(C(F)(F)F)C2)ccc1C(=O)NCC(=O)NCC(F)(F)F. The fourth-order valence-corrected chi connectivity index (χ4v) is 8.24. The Kier molecular flexibility index (Phi) is 14.7. The molecule has 334 valence electrons. The van der Waals surface area contributed by atoms with E-state index in [1.165, 1.54) is 59.0 Å². The smallest absolute Gasteiger partial charge is 0.435 e. The quantitative estimate of drug-likeness (QED) is 0.178. The van der Waals surface area contributed by atoms with Crippen molar-refractivity contribution < 1.29 is 50.3 Å². The third-order valence-corrected chi connectivity index (χ3v) is 11.3. The Hall–Kier alpha value is -5.32. The molecule has 1 saturated heterocycles. The summed E-state index contributed by atoms with van der Waals surface area (Å²) in [5.74, 6) is -1.80. The molecule has 1 aromatic heterocycles. The number of likely N-dealkylation sites (tertiary alicyclic amines) is 1. The van der Waals surface area contributed by atoms with E-state index in [0.29, 0.717) is 25.3 Å². The summed E-state index contributed by atoms with van der Waals surface area (Å²) < 4.78 is 84.0. The number of aromatic nitrogens is 1. The first-order valence-electron chi connectivity index (χ1n) is 19.7. The maximum absolute atomic E-state index is 14.1. The number of pyridine rings is 1. The van der Waals surface area contributed by atoms with Gasteiger partial charge in [0.2, 0.25) is 5.91 Å². The number of aryl methyl sites for hydroxylation is 3. The van der Waals surface area contributed by atoms with E-state index < -0.39 is 49.3 Å². The van der Waals surface area contributed by atoms with Crippen LogP contribution in [0.4, 0.5) is 31.1 Å². The average Bonchev–Trinajstić information content (AvgIpc) is 3.64. The lowest BCUT2D eigenvalue weighted by Crippen LogP contribution is -2.42. The third kappa shape index (κ3) is 11.3. The van der Waals surface area contributed by atoms with Crippen LogP contribution in [0.3, 0.4) is 0 Å². The van der Waals surface area contributed by atoms with Crippen LogP contribution in [0, 0.1) is 6.92 Å². The zero-order valence-electron chi connectivity index (χ0n) is 33.8. The minimum absolute atomic E-state index is 0.0172. The van der Waals surface area contributed by atoms with Crippen LogP contribution in [0.25, 0.3) is 5.57 Å². The number of amides is 3. The Balaban J connectivity index is 0.000000218. The van der Waals surface area contributed by atoms with Crippen molar-refractivity contribution in [3.05, 3.63) is 138 Å². The highest BCUT2D eigenvalue weighted by Gasteiger charge is 2.62. The summed E-state index contributed by atoms with van der Waals surface area (Å²) in [6, 6.07) is 17.8. The topological polar surface area (TPSA) is 122 Å². The second kappa shape index (κ2) is 19.6. The van der Waals surface area contributed by atoms with Gasteiger partial charge in [-0.3, -0.25) is 14.6 Å². The van der Waals surface area contributed by atoms with Gasteiger partial charge in [-0.2, -0.15) is 26.3 Å². The molecule has 3 aliphatic rings. The number of rotatable bonds is 7. The summed E-state index contributed by atoms with van der Waals surface area (Å²) in [6.07, 6.45) is -4.92. The summed E-state index contributed by atoms with van der Waals surface area (Å²) in [5, 5.41) is 8.18. The van der Waals surface area contributed by atoms with Crippen LogP contribution in [0.5, 0.6) is 0 Å². The number of hydrogen-bond donors (Lipinski definition) is 2. The molecule has 2 aliphatic heterocycles. The minimum atomic E-state index is -4.88. The van der Waals surface area contributed by atoms with Crippen molar-refractivity contribution in [2.75, 3.05) is 32.8 Å². The van der Waals surface area contributed by atoms with Gasteiger partial charge in [-0.05, 0) is 116 Å². The summed E-state index contributed by atoms with van der Waals surface area (Å²) in [5.41, 5.74) is 4.87. The molecule has 0 saturated carbocycles. The van der Waals surface area contributed by atoms with Gasteiger partial charge in [-0.1, -0.05) is 63.7 Å². The normalized spacial score (nSPS) is 17.3. The molecule has 0 spiro atoms.